The zero-order chi connectivity index (χ0) is 23.8. The van der Waals surface area contributed by atoms with E-state index in [9.17, 15) is 14.0 Å². The maximum Gasteiger partial charge on any atom is 0.308 e. The van der Waals surface area contributed by atoms with Crippen molar-refractivity contribution in [2.75, 3.05) is 13.2 Å². The molecule has 5 rings (SSSR count). The molecule has 1 aliphatic rings. The molecule has 6 nitrogen and oxygen atoms in total. The maximum absolute atomic E-state index is 13.6. The average molecular weight is 459 g/mol. The number of aromatic nitrogens is 1. The van der Waals surface area contributed by atoms with Gasteiger partial charge in [0.2, 0.25) is 0 Å². The van der Waals surface area contributed by atoms with Crippen molar-refractivity contribution in [3.8, 4) is 17.2 Å². The lowest BCUT2D eigenvalue weighted by Gasteiger charge is -2.12. The van der Waals surface area contributed by atoms with Gasteiger partial charge in [0, 0.05) is 29.1 Å². The number of halogens is 1. The van der Waals surface area contributed by atoms with Gasteiger partial charge >= 0.3 is 5.97 Å². The fourth-order valence-electron chi connectivity index (χ4n) is 4.26. The minimum absolute atomic E-state index is 0.0627. The predicted molar refractivity (Wildman–Crippen MR) is 124 cm³/mol. The van der Waals surface area contributed by atoms with Crippen LogP contribution in [0, 0.1) is 12.7 Å². The number of ether oxygens (including phenoxy) is 3. The van der Waals surface area contributed by atoms with Crippen LogP contribution in [-0.2, 0) is 4.79 Å². The molecule has 1 atom stereocenters. The summed E-state index contributed by atoms with van der Waals surface area (Å²) < 4.78 is 32.0. The molecule has 0 saturated carbocycles. The second kappa shape index (κ2) is 8.67. The van der Waals surface area contributed by atoms with E-state index in [1.54, 1.807) is 47.0 Å². The van der Waals surface area contributed by atoms with Crippen molar-refractivity contribution in [3.05, 3.63) is 89.4 Å². The van der Waals surface area contributed by atoms with Crippen molar-refractivity contribution in [1.29, 1.82) is 0 Å². The van der Waals surface area contributed by atoms with E-state index in [0.717, 1.165) is 11.3 Å². The number of esters is 1. The molecule has 1 aromatic heterocycles. The fraction of sp³-hybridized carbons (Fsp3) is 0.185. The van der Waals surface area contributed by atoms with Crippen LogP contribution in [0.1, 0.15) is 34.5 Å². The third kappa shape index (κ3) is 4.01. The molecule has 7 heteroatoms. The monoisotopic (exact) mass is 459 g/mol. The van der Waals surface area contributed by atoms with Gasteiger partial charge in [-0.25, -0.2) is 4.39 Å². The first-order valence-corrected chi connectivity index (χ1v) is 10.9. The lowest BCUT2D eigenvalue weighted by Crippen LogP contribution is -2.14. The quantitative estimate of drug-likeness (QED) is 0.301. The van der Waals surface area contributed by atoms with Gasteiger partial charge in [-0.2, -0.15) is 0 Å². The third-order valence-electron chi connectivity index (χ3n) is 5.85. The molecule has 1 aliphatic heterocycles. The van der Waals surface area contributed by atoms with Crippen molar-refractivity contribution < 1.29 is 28.2 Å². The molecule has 0 unspecified atom stereocenters. The van der Waals surface area contributed by atoms with Crippen LogP contribution in [0.25, 0.3) is 10.9 Å². The molecule has 0 saturated heterocycles. The van der Waals surface area contributed by atoms with E-state index in [2.05, 4.69) is 0 Å². The molecule has 0 aliphatic carbocycles. The van der Waals surface area contributed by atoms with Crippen LogP contribution in [0.4, 0.5) is 4.39 Å². The highest BCUT2D eigenvalue weighted by Crippen LogP contribution is 2.35. The highest BCUT2D eigenvalue weighted by molar-refractivity contribution is 6.04. The first-order valence-electron chi connectivity index (χ1n) is 10.9. The fourth-order valence-corrected chi connectivity index (χ4v) is 4.26. The molecular weight excluding hydrogens is 437 g/mol. The number of hydrogen-bond acceptors (Lipinski definition) is 5. The molecule has 2 heterocycles. The summed E-state index contributed by atoms with van der Waals surface area (Å²) in [6.45, 7) is 3.94. The molecule has 0 amide bonds. The third-order valence-corrected chi connectivity index (χ3v) is 5.85. The van der Waals surface area contributed by atoms with Gasteiger partial charge in [-0.05, 0) is 67.6 Å². The van der Waals surface area contributed by atoms with Crippen molar-refractivity contribution in [2.24, 2.45) is 0 Å². The van der Waals surface area contributed by atoms with Gasteiger partial charge in [-0.15, -0.1) is 0 Å². The van der Waals surface area contributed by atoms with Gasteiger partial charge in [-0.3, -0.25) is 14.2 Å². The number of carbonyl (C=O) groups excluding carboxylic acids is 2. The Morgan fingerprint density at radius 2 is 1.88 bits per heavy atom. The van der Waals surface area contributed by atoms with Crippen LogP contribution in [0.3, 0.4) is 0 Å². The molecule has 0 radical (unpaired) electrons. The normalized spacial score (nSPS) is 14.5. The van der Waals surface area contributed by atoms with Crippen molar-refractivity contribution in [2.45, 2.75) is 19.8 Å². The summed E-state index contributed by atoms with van der Waals surface area (Å²) in [6.07, 6.45) is 0. The van der Waals surface area contributed by atoms with E-state index < -0.39 is 5.97 Å². The summed E-state index contributed by atoms with van der Waals surface area (Å²) in [4.78, 5) is 24.7. The van der Waals surface area contributed by atoms with Gasteiger partial charge in [0.05, 0.1) is 24.6 Å². The second-order valence-electron chi connectivity index (χ2n) is 8.23. The van der Waals surface area contributed by atoms with E-state index in [-0.39, 0.29) is 17.6 Å². The average Bonchev–Trinajstić information content (AvgIpc) is 3.37. The Bertz CT molecular complexity index is 1410. The smallest absolute Gasteiger partial charge is 0.308 e. The van der Waals surface area contributed by atoms with Gasteiger partial charge < -0.3 is 14.2 Å². The van der Waals surface area contributed by atoms with Crippen molar-refractivity contribution in [1.82, 2.24) is 4.57 Å². The molecule has 0 bridgehead atoms. The molecule has 172 valence electrons. The predicted octanol–water partition coefficient (Wildman–Crippen LogP) is 5.26. The summed E-state index contributed by atoms with van der Waals surface area (Å²) in [6, 6.07) is 18.5. The number of rotatable bonds is 5. The van der Waals surface area contributed by atoms with E-state index in [1.165, 1.54) is 19.1 Å². The van der Waals surface area contributed by atoms with Gasteiger partial charge in [0.25, 0.3) is 5.91 Å². The molecule has 0 spiro atoms. The number of aryl methyl sites for hydroxylation is 1. The molecule has 0 N–H and O–H groups in total. The largest absolute Gasteiger partial charge is 0.493 e. The Morgan fingerprint density at radius 3 is 2.65 bits per heavy atom. The molecule has 34 heavy (non-hydrogen) atoms. The standard InChI is InChI=1S/C27H22FNO5/c1-16-12-23-24(4-3-5-26(23)34-17(2)30)29(16)27(31)18-6-9-21(10-7-18)32-14-19-15-33-25-11-8-20(28)13-22(19)25/h3-13,19H,14-15H2,1-2H3/t19-/m1/s1. The molecule has 0 fully saturated rings. The number of nitrogens with zero attached hydrogens (tertiary/aromatic N) is 1. The Hall–Kier alpha value is -4.13. The van der Waals surface area contributed by atoms with Gasteiger partial charge in [0.15, 0.2) is 0 Å². The molecule has 4 aromatic rings. The van der Waals surface area contributed by atoms with E-state index in [0.29, 0.717) is 46.9 Å². The number of fused-ring (bicyclic) bond motifs is 2. The topological polar surface area (TPSA) is 66.8 Å². The Morgan fingerprint density at radius 1 is 1.09 bits per heavy atom. The maximum atomic E-state index is 13.6. The number of hydrogen-bond donors (Lipinski definition) is 0. The Kier molecular flexibility index (Phi) is 5.53. The van der Waals surface area contributed by atoms with E-state index in [1.807, 2.05) is 19.1 Å². The number of carbonyl (C=O) groups is 2. The van der Waals surface area contributed by atoms with Crippen molar-refractivity contribution in [3.63, 3.8) is 0 Å². The highest BCUT2D eigenvalue weighted by Gasteiger charge is 2.25. The summed E-state index contributed by atoms with van der Waals surface area (Å²) in [5, 5.41) is 0.694. The van der Waals surface area contributed by atoms with E-state index in [4.69, 9.17) is 14.2 Å². The first-order chi connectivity index (χ1) is 16.4. The minimum Gasteiger partial charge on any atom is -0.493 e. The van der Waals surface area contributed by atoms with Gasteiger partial charge in [0.1, 0.15) is 23.1 Å². The van der Waals surface area contributed by atoms with Crippen LogP contribution in [0.15, 0.2) is 66.7 Å². The first kappa shape index (κ1) is 21.7. The minimum atomic E-state index is -0.419. The highest BCUT2D eigenvalue weighted by atomic mass is 19.1. The van der Waals surface area contributed by atoms with Crippen LogP contribution in [-0.4, -0.2) is 29.7 Å². The molecule has 3 aromatic carbocycles. The van der Waals surface area contributed by atoms with Crippen LogP contribution in [0.2, 0.25) is 0 Å². The second-order valence-corrected chi connectivity index (χ2v) is 8.23. The summed E-state index contributed by atoms with van der Waals surface area (Å²) >= 11 is 0. The summed E-state index contributed by atoms with van der Waals surface area (Å²) in [7, 11) is 0. The lowest BCUT2D eigenvalue weighted by atomic mass is 10.0. The van der Waals surface area contributed by atoms with Gasteiger partial charge in [-0.1, -0.05) is 6.07 Å². The zero-order valence-electron chi connectivity index (χ0n) is 18.7. The van der Waals surface area contributed by atoms with Crippen molar-refractivity contribution >= 4 is 22.8 Å². The zero-order valence-corrected chi connectivity index (χ0v) is 18.7. The van der Waals surface area contributed by atoms with Crippen LogP contribution in [0.5, 0.6) is 17.2 Å². The Labute approximate surface area is 195 Å². The SMILES string of the molecule is CC(=O)Oc1cccc2c1cc(C)n2C(=O)c1ccc(OC[C@@H]2COc3ccc(F)cc32)cc1. The summed E-state index contributed by atoms with van der Waals surface area (Å²) in [5.74, 6) is 0.720. The molecular formula is C27H22FNO5. The van der Waals surface area contributed by atoms with Crippen LogP contribution < -0.4 is 14.2 Å². The Balaban J connectivity index is 1.33. The summed E-state index contributed by atoms with van der Waals surface area (Å²) in [5.41, 5.74) is 2.68. The number of benzene rings is 3. The van der Waals surface area contributed by atoms with E-state index >= 15 is 0 Å². The lowest BCUT2D eigenvalue weighted by molar-refractivity contribution is -0.131. The van der Waals surface area contributed by atoms with Crippen LogP contribution >= 0.6 is 0 Å².